The van der Waals surface area contributed by atoms with Gasteiger partial charge >= 0.3 is 0 Å². The summed E-state index contributed by atoms with van der Waals surface area (Å²) < 4.78 is 17.3. The van der Waals surface area contributed by atoms with Crippen LogP contribution in [0.3, 0.4) is 0 Å². The smallest absolute Gasteiger partial charge is 0.131 e. The molecule has 1 aliphatic heterocycles. The molecule has 164 valence electrons. The van der Waals surface area contributed by atoms with Crippen molar-refractivity contribution in [3.63, 3.8) is 0 Å². The van der Waals surface area contributed by atoms with Crippen molar-refractivity contribution in [2.45, 2.75) is 26.2 Å². The van der Waals surface area contributed by atoms with Gasteiger partial charge in [-0.1, -0.05) is 12.5 Å². The fraction of sp³-hybridized carbons (Fsp3) is 0.364. The van der Waals surface area contributed by atoms with Crippen LogP contribution in [-0.4, -0.2) is 45.0 Å². The Balaban J connectivity index is 1.58. The van der Waals surface area contributed by atoms with E-state index >= 15 is 0 Å². The van der Waals surface area contributed by atoms with E-state index in [1.807, 2.05) is 4.68 Å². The minimum Gasteiger partial charge on any atom is -0.402 e. The molecule has 0 saturated carbocycles. The number of aromatic nitrogens is 2. The third kappa shape index (κ3) is 4.13. The number of hydrazine groups is 1. The lowest BCUT2D eigenvalue weighted by atomic mass is 9.70. The van der Waals surface area contributed by atoms with Crippen LogP contribution in [0.2, 0.25) is 0 Å². The Labute approximate surface area is 185 Å². The van der Waals surface area contributed by atoms with Gasteiger partial charge in [-0.3, -0.25) is 0 Å². The summed E-state index contributed by atoms with van der Waals surface area (Å²) in [5, 5.41) is 6.93. The maximum absolute atomic E-state index is 13.3. The van der Waals surface area contributed by atoms with Crippen LogP contribution in [0.4, 0.5) is 4.39 Å². The minimum atomic E-state index is -0.598. The van der Waals surface area contributed by atoms with Gasteiger partial charge in [0.25, 0.3) is 0 Å². The first-order chi connectivity index (χ1) is 15.0. The second kappa shape index (κ2) is 8.86. The van der Waals surface area contributed by atoms with Crippen molar-refractivity contribution >= 4 is 24.3 Å². The SMILES string of the molecule is CCCN(N)/C(=C\N)SN1CCC2=Cc3c(cnn3-c3ccc(F)cc3)CC2(C=O)C1. The number of nitrogens with two attached hydrogens (primary N) is 2. The van der Waals surface area contributed by atoms with Crippen molar-refractivity contribution < 1.29 is 9.18 Å². The van der Waals surface area contributed by atoms with E-state index in [4.69, 9.17) is 11.6 Å². The van der Waals surface area contributed by atoms with E-state index in [1.165, 1.54) is 30.3 Å². The largest absolute Gasteiger partial charge is 0.402 e. The Kier molecular flexibility index (Phi) is 6.17. The number of hydrogen-bond acceptors (Lipinski definition) is 7. The number of carbonyl (C=O) groups excluding carboxylic acids is 1. The van der Waals surface area contributed by atoms with Crippen molar-refractivity contribution in [1.29, 1.82) is 0 Å². The monoisotopic (exact) mass is 442 g/mol. The summed E-state index contributed by atoms with van der Waals surface area (Å²) in [5.74, 6) is 5.82. The third-order valence-corrected chi connectivity index (χ3v) is 6.97. The molecule has 9 heteroatoms. The van der Waals surface area contributed by atoms with Crippen LogP contribution >= 0.6 is 11.9 Å². The average Bonchev–Trinajstić information content (AvgIpc) is 3.18. The van der Waals surface area contributed by atoms with Crippen LogP contribution in [0.5, 0.6) is 0 Å². The zero-order chi connectivity index (χ0) is 22.0. The second-order valence-corrected chi connectivity index (χ2v) is 9.08. The van der Waals surface area contributed by atoms with Crippen molar-refractivity contribution in [2.75, 3.05) is 19.6 Å². The molecule has 0 radical (unpaired) electrons. The molecule has 2 aliphatic rings. The lowest BCUT2D eigenvalue weighted by Crippen LogP contribution is -2.46. The van der Waals surface area contributed by atoms with Gasteiger partial charge in [-0.2, -0.15) is 5.10 Å². The van der Waals surface area contributed by atoms with Gasteiger partial charge in [0.1, 0.15) is 17.1 Å². The summed E-state index contributed by atoms with van der Waals surface area (Å²) in [5.41, 5.74) is 9.07. The van der Waals surface area contributed by atoms with E-state index in [0.29, 0.717) is 19.5 Å². The molecule has 2 heterocycles. The number of halogens is 1. The van der Waals surface area contributed by atoms with Gasteiger partial charge in [0.15, 0.2) is 0 Å². The lowest BCUT2D eigenvalue weighted by Gasteiger charge is -2.43. The molecule has 1 fully saturated rings. The fourth-order valence-corrected chi connectivity index (χ4v) is 5.24. The number of aldehydes is 1. The molecule has 4 rings (SSSR count). The average molecular weight is 443 g/mol. The first-order valence-corrected chi connectivity index (χ1v) is 11.1. The maximum atomic E-state index is 13.3. The van der Waals surface area contributed by atoms with Crippen molar-refractivity contribution in [3.8, 4) is 5.69 Å². The highest BCUT2D eigenvalue weighted by Gasteiger charge is 2.43. The number of rotatable bonds is 7. The summed E-state index contributed by atoms with van der Waals surface area (Å²) in [6, 6.07) is 6.26. The van der Waals surface area contributed by atoms with Crippen LogP contribution in [0.1, 0.15) is 31.0 Å². The van der Waals surface area contributed by atoms with E-state index in [1.54, 1.807) is 23.3 Å². The van der Waals surface area contributed by atoms with Crippen molar-refractivity contribution in [2.24, 2.45) is 17.0 Å². The van der Waals surface area contributed by atoms with E-state index in [-0.39, 0.29) is 5.82 Å². The van der Waals surface area contributed by atoms with Gasteiger partial charge < -0.3 is 15.5 Å². The zero-order valence-electron chi connectivity index (χ0n) is 17.5. The van der Waals surface area contributed by atoms with Crippen LogP contribution < -0.4 is 11.6 Å². The van der Waals surface area contributed by atoms with Crippen LogP contribution in [0.15, 0.2) is 47.3 Å². The second-order valence-electron chi connectivity index (χ2n) is 7.97. The lowest BCUT2D eigenvalue weighted by molar-refractivity contribution is -0.115. The molecule has 1 aromatic heterocycles. The molecule has 0 amide bonds. The standard InChI is InChI=1S/C22H27FN6OS/c1-2-8-28(25)21(12-24)31-27-9-7-17-10-20-16(11-22(17,14-27)15-30)13-26-29(20)19-5-3-18(23)4-6-19/h3-6,10,12-13,15H,2,7-9,11,14,24-25H2,1H3/b21-12+. The van der Waals surface area contributed by atoms with Crippen LogP contribution in [-0.2, 0) is 11.2 Å². The molecule has 0 bridgehead atoms. The van der Waals surface area contributed by atoms with Gasteiger partial charge in [-0.15, -0.1) is 0 Å². The quantitative estimate of drug-likeness (QED) is 0.295. The number of nitrogens with zero attached hydrogens (tertiary/aromatic N) is 4. The van der Waals surface area contributed by atoms with Crippen molar-refractivity contribution in [3.05, 3.63) is 64.3 Å². The fourth-order valence-electron chi connectivity index (χ4n) is 4.24. The molecule has 0 spiro atoms. The third-order valence-electron chi connectivity index (χ3n) is 5.84. The maximum Gasteiger partial charge on any atom is 0.131 e. The Hall–Kier alpha value is -2.62. The molecule has 31 heavy (non-hydrogen) atoms. The van der Waals surface area contributed by atoms with E-state index < -0.39 is 5.41 Å². The van der Waals surface area contributed by atoms with Gasteiger partial charge in [-0.05, 0) is 67.1 Å². The van der Waals surface area contributed by atoms with E-state index in [2.05, 4.69) is 22.4 Å². The molecule has 2 aromatic rings. The zero-order valence-corrected chi connectivity index (χ0v) is 18.3. The molecule has 4 N–H and O–H groups in total. The number of hydrogen-bond donors (Lipinski definition) is 2. The molecular formula is C22H27FN6OS. The molecule has 1 unspecified atom stereocenters. The Bertz CT molecular complexity index is 1020. The normalized spacial score (nSPS) is 21.3. The van der Waals surface area contributed by atoms with Gasteiger partial charge in [0.2, 0.25) is 0 Å². The molecular weight excluding hydrogens is 415 g/mol. The highest BCUT2D eigenvalue weighted by Crippen LogP contribution is 2.45. The summed E-state index contributed by atoms with van der Waals surface area (Å²) in [6.45, 7) is 4.12. The summed E-state index contributed by atoms with van der Waals surface area (Å²) >= 11 is 1.50. The predicted molar refractivity (Wildman–Crippen MR) is 121 cm³/mol. The number of fused-ring (bicyclic) bond motifs is 2. The van der Waals surface area contributed by atoms with Gasteiger partial charge in [0.05, 0.1) is 23.0 Å². The predicted octanol–water partition coefficient (Wildman–Crippen LogP) is 2.83. The highest BCUT2D eigenvalue weighted by atomic mass is 32.2. The molecule has 1 saturated heterocycles. The van der Waals surface area contributed by atoms with Gasteiger partial charge in [-0.25, -0.2) is 19.2 Å². The highest BCUT2D eigenvalue weighted by molar-refractivity contribution is 8.00. The molecule has 1 aromatic carbocycles. The topological polar surface area (TPSA) is 93.4 Å². The molecule has 1 atom stereocenters. The van der Waals surface area contributed by atoms with Crippen LogP contribution in [0.25, 0.3) is 11.8 Å². The summed E-state index contributed by atoms with van der Waals surface area (Å²) in [6.07, 6.45) is 8.73. The van der Waals surface area contributed by atoms with Crippen LogP contribution in [0, 0.1) is 11.2 Å². The Morgan fingerprint density at radius 1 is 1.39 bits per heavy atom. The van der Waals surface area contributed by atoms with E-state index in [9.17, 15) is 9.18 Å². The minimum absolute atomic E-state index is 0.283. The van der Waals surface area contributed by atoms with E-state index in [0.717, 1.165) is 53.2 Å². The first kappa shape index (κ1) is 21.6. The summed E-state index contributed by atoms with van der Waals surface area (Å²) in [7, 11) is 0. The number of piperidine rings is 1. The molecule has 7 nitrogen and oxygen atoms in total. The van der Waals surface area contributed by atoms with Crippen molar-refractivity contribution in [1.82, 2.24) is 19.1 Å². The first-order valence-electron chi connectivity index (χ1n) is 10.4. The Morgan fingerprint density at radius 2 is 2.16 bits per heavy atom. The number of benzene rings is 1. The number of carbonyl (C=O) groups is 1. The van der Waals surface area contributed by atoms with Gasteiger partial charge in [0, 0.05) is 25.8 Å². The summed E-state index contributed by atoms with van der Waals surface area (Å²) in [4.78, 5) is 12.4. The molecule has 1 aliphatic carbocycles. The Morgan fingerprint density at radius 3 is 2.84 bits per heavy atom.